The van der Waals surface area contributed by atoms with Gasteiger partial charge in [-0.05, 0) is 107 Å². The van der Waals surface area contributed by atoms with Crippen molar-refractivity contribution in [3.05, 3.63) is 46.6 Å². The second kappa shape index (κ2) is 12.7. The van der Waals surface area contributed by atoms with E-state index in [-0.39, 0.29) is 5.97 Å². The SMILES string of the molecule is CCC(C)C[C@H]1CCc2sc3ncnc(N(Cc4ccc(OC)cc4)C4CCC(CC(=O)OC(C)(C)C)CC4)c3c21. The fourth-order valence-corrected chi connectivity index (χ4v) is 7.98. The van der Waals surface area contributed by atoms with Gasteiger partial charge >= 0.3 is 5.97 Å². The normalized spacial score (nSPS) is 21.5. The van der Waals surface area contributed by atoms with Crippen molar-refractivity contribution < 1.29 is 14.3 Å². The van der Waals surface area contributed by atoms with Gasteiger partial charge in [0.05, 0.1) is 12.5 Å². The zero-order chi connectivity index (χ0) is 29.1. The minimum atomic E-state index is -0.435. The van der Waals surface area contributed by atoms with Crippen LogP contribution in [0.3, 0.4) is 0 Å². The minimum Gasteiger partial charge on any atom is -0.497 e. The third-order valence-corrected chi connectivity index (χ3v) is 10.2. The highest BCUT2D eigenvalue weighted by molar-refractivity contribution is 7.19. The third kappa shape index (κ3) is 7.04. The molecule has 7 heteroatoms. The molecule has 1 unspecified atom stereocenters. The van der Waals surface area contributed by atoms with E-state index < -0.39 is 5.60 Å². The molecule has 0 saturated heterocycles. The number of nitrogens with zero attached hydrogens (tertiary/aromatic N) is 3. The van der Waals surface area contributed by atoms with Gasteiger partial charge in [-0.25, -0.2) is 9.97 Å². The molecule has 2 atom stereocenters. The number of hydrogen-bond donors (Lipinski definition) is 0. The number of carbonyl (C=O) groups excluding carboxylic acids is 1. The quantitative estimate of drug-likeness (QED) is 0.225. The molecule has 0 N–H and O–H groups in total. The van der Waals surface area contributed by atoms with Crippen molar-refractivity contribution in [3.63, 3.8) is 0 Å². The third-order valence-electron chi connectivity index (χ3n) is 9.01. The second-order valence-corrected chi connectivity index (χ2v) is 14.3. The van der Waals surface area contributed by atoms with E-state index in [2.05, 4.69) is 30.9 Å². The van der Waals surface area contributed by atoms with Crippen LogP contribution in [-0.4, -0.2) is 34.7 Å². The number of aromatic nitrogens is 2. The van der Waals surface area contributed by atoms with Crippen molar-refractivity contribution in [1.29, 1.82) is 0 Å². The average molecular weight is 578 g/mol. The fraction of sp³-hybridized carbons (Fsp3) is 0.618. The van der Waals surface area contributed by atoms with Crippen molar-refractivity contribution in [2.75, 3.05) is 12.0 Å². The molecule has 41 heavy (non-hydrogen) atoms. The number of benzene rings is 1. The highest BCUT2D eigenvalue weighted by atomic mass is 32.1. The van der Waals surface area contributed by atoms with Crippen LogP contribution in [0.15, 0.2) is 30.6 Å². The molecule has 6 nitrogen and oxygen atoms in total. The van der Waals surface area contributed by atoms with Crippen LogP contribution in [-0.2, 0) is 22.5 Å². The average Bonchev–Trinajstić information content (AvgIpc) is 3.51. The van der Waals surface area contributed by atoms with Gasteiger partial charge in [0.2, 0.25) is 0 Å². The molecule has 1 fully saturated rings. The molecule has 3 aromatic rings. The molecule has 0 radical (unpaired) electrons. The smallest absolute Gasteiger partial charge is 0.306 e. The van der Waals surface area contributed by atoms with Gasteiger partial charge in [0.1, 0.15) is 28.3 Å². The van der Waals surface area contributed by atoms with Gasteiger partial charge in [0.25, 0.3) is 0 Å². The van der Waals surface area contributed by atoms with Crippen LogP contribution in [0.25, 0.3) is 10.2 Å². The summed E-state index contributed by atoms with van der Waals surface area (Å²) >= 11 is 1.88. The van der Waals surface area contributed by atoms with E-state index in [0.29, 0.717) is 30.2 Å². The minimum absolute atomic E-state index is 0.0743. The molecule has 0 aliphatic heterocycles. The Kier molecular flexibility index (Phi) is 9.22. The van der Waals surface area contributed by atoms with Gasteiger partial charge in [-0.1, -0.05) is 32.4 Å². The molecule has 5 rings (SSSR count). The summed E-state index contributed by atoms with van der Waals surface area (Å²) in [5.41, 5.74) is 2.34. The zero-order valence-electron chi connectivity index (χ0n) is 25.7. The van der Waals surface area contributed by atoms with E-state index in [4.69, 9.17) is 19.4 Å². The molecule has 0 amide bonds. The van der Waals surface area contributed by atoms with Crippen molar-refractivity contribution in [3.8, 4) is 5.75 Å². The van der Waals surface area contributed by atoms with Gasteiger partial charge in [0.15, 0.2) is 0 Å². The summed E-state index contributed by atoms with van der Waals surface area (Å²) in [4.78, 5) is 27.6. The first kappa shape index (κ1) is 29.8. The van der Waals surface area contributed by atoms with E-state index in [1.165, 1.54) is 40.7 Å². The van der Waals surface area contributed by atoms with Crippen molar-refractivity contribution in [2.24, 2.45) is 11.8 Å². The summed E-state index contributed by atoms with van der Waals surface area (Å²) in [5, 5.41) is 1.29. The highest BCUT2D eigenvalue weighted by Crippen LogP contribution is 2.49. The number of ether oxygens (including phenoxy) is 2. The molecule has 2 aliphatic rings. The van der Waals surface area contributed by atoms with Crippen LogP contribution in [0.5, 0.6) is 5.75 Å². The van der Waals surface area contributed by atoms with E-state index >= 15 is 0 Å². The molecule has 1 saturated carbocycles. The van der Waals surface area contributed by atoms with Crippen LogP contribution >= 0.6 is 11.3 Å². The van der Waals surface area contributed by atoms with Crippen molar-refractivity contribution in [1.82, 2.24) is 9.97 Å². The molecule has 1 aromatic carbocycles. The number of rotatable bonds is 10. The number of hydrogen-bond acceptors (Lipinski definition) is 7. The highest BCUT2D eigenvalue weighted by Gasteiger charge is 2.34. The first-order chi connectivity index (χ1) is 19.6. The molecule has 2 aliphatic carbocycles. The maximum absolute atomic E-state index is 12.6. The number of thiophene rings is 1. The summed E-state index contributed by atoms with van der Waals surface area (Å²) in [5.74, 6) is 3.57. The van der Waals surface area contributed by atoms with E-state index in [1.54, 1.807) is 13.4 Å². The van der Waals surface area contributed by atoms with E-state index in [1.807, 2.05) is 44.2 Å². The van der Waals surface area contributed by atoms with Gasteiger partial charge < -0.3 is 14.4 Å². The number of methoxy groups -OCH3 is 1. The Morgan fingerprint density at radius 3 is 2.49 bits per heavy atom. The van der Waals surface area contributed by atoms with Crippen LogP contribution in [0.2, 0.25) is 0 Å². The summed E-state index contributed by atoms with van der Waals surface area (Å²) in [6.07, 6.45) is 11.2. The predicted molar refractivity (Wildman–Crippen MR) is 168 cm³/mol. The monoisotopic (exact) mass is 577 g/mol. The molecule has 0 bridgehead atoms. The summed E-state index contributed by atoms with van der Waals surface area (Å²) in [7, 11) is 1.71. The molecule has 2 heterocycles. The first-order valence-electron chi connectivity index (χ1n) is 15.5. The number of anilines is 1. The lowest BCUT2D eigenvalue weighted by Crippen LogP contribution is -2.39. The van der Waals surface area contributed by atoms with Crippen molar-refractivity contribution in [2.45, 2.75) is 117 Å². The fourth-order valence-electron chi connectivity index (χ4n) is 6.74. The Bertz CT molecular complexity index is 1320. The lowest BCUT2D eigenvalue weighted by atomic mass is 9.83. The maximum Gasteiger partial charge on any atom is 0.306 e. The van der Waals surface area contributed by atoms with Gasteiger partial charge in [0, 0.05) is 23.9 Å². The number of aryl methyl sites for hydroxylation is 1. The lowest BCUT2D eigenvalue weighted by molar-refractivity contribution is -0.156. The summed E-state index contributed by atoms with van der Waals surface area (Å²) < 4.78 is 11.1. The summed E-state index contributed by atoms with van der Waals surface area (Å²) in [6.45, 7) is 11.3. The van der Waals surface area contributed by atoms with Gasteiger partial charge in [-0.15, -0.1) is 11.3 Å². The Labute approximate surface area is 249 Å². The Morgan fingerprint density at radius 2 is 1.83 bits per heavy atom. The van der Waals surface area contributed by atoms with E-state index in [0.717, 1.165) is 55.0 Å². The maximum atomic E-state index is 12.6. The number of esters is 1. The number of fused-ring (bicyclic) bond motifs is 3. The Hall–Kier alpha value is -2.67. The molecular formula is C34H47N3O3S. The topological polar surface area (TPSA) is 64.5 Å². The standard InChI is InChI=1S/C34H47N3O3S/c1-7-22(2)18-25-12-17-28-30(25)31-32(35-21-36-33(31)41-28)37(20-24-10-15-27(39-6)16-11-24)26-13-8-23(9-14-26)19-29(38)40-34(3,4)5/h10-11,15-16,21-23,25-26H,7-9,12-14,17-20H2,1-6H3/t22?,23?,25-,26?/m1/s1. The Morgan fingerprint density at radius 1 is 1.10 bits per heavy atom. The first-order valence-corrected chi connectivity index (χ1v) is 16.3. The van der Waals surface area contributed by atoms with Crippen LogP contribution in [0.4, 0.5) is 5.82 Å². The van der Waals surface area contributed by atoms with Crippen molar-refractivity contribution >= 4 is 33.3 Å². The zero-order valence-corrected chi connectivity index (χ0v) is 26.6. The number of carbonyl (C=O) groups is 1. The van der Waals surface area contributed by atoms with Gasteiger partial charge in [-0.2, -0.15) is 0 Å². The second-order valence-electron chi connectivity index (χ2n) is 13.2. The Balaban J connectivity index is 1.44. The largest absolute Gasteiger partial charge is 0.497 e. The molecule has 2 aromatic heterocycles. The lowest BCUT2D eigenvalue weighted by Gasteiger charge is -2.38. The van der Waals surface area contributed by atoms with Crippen LogP contribution < -0.4 is 9.64 Å². The molecule has 222 valence electrons. The summed E-state index contributed by atoms with van der Waals surface area (Å²) in [6, 6.07) is 8.79. The van der Waals surface area contributed by atoms with Crippen LogP contribution in [0.1, 0.15) is 108 Å². The van der Waals surface area contributed by atoms with Gasteiger partial charge in [-0.3, -0.25) is 4.79 Å². The van der Waals surface area contributed by atoms with E-state index in [9.17, 15) is 4.79 Å². The molecule has 0 spiro atoms. The predicted octanol–water partition coefficient (Wildman–Crippen LogP) is 8.46. The van der Waals surface area contributed by atoms with Crippen LogP contribution in [0, 0.1) is 11.8 Å². The molecular weight excluding hydrogens is 530 g/mol.